The summed E-state index contributed by atoms with van der Waals surface area (Å²) >= 11 is 0. The van der Waals surface area contributed by atoms with Crippen LogP contribution < -0.4 is 10.1 Å². The highest BCUT2D eigenvalue weighted by Crippen LogP contribution is 2.19. The van der Waals surface area contributed by atoms with Crippen molar-refractivity contribution in [2.24, 2.45) is 0 Å². The van der Waals surface area contributed by atoms with Crippen LogP contribution in [0.2, 0.25) is 0 Å². The van der Waals surface area contributed by atoms with E-state index in [1.165, 1.54) is 5.56 Å². The minimum Gasteiger partial charge on any atom is -0.491 e. The lowest BCUT2D eigenvalue weighted by Crippen LogP contribution is -2.26. The molecule has 4 heteroatoms. The first-order chi connectivity index (χ1) is 10.2. The van der Waals surface area contributed by atoms with Gasteiger partial charge in [0.05, 0.1) is 32.0 Å². The van der Waals surface area contributed by atoms with E-state index in [0.29, 0.717) is 19.8 Å². The van der Waals surface area contributed by atoms with E-state index in [9.17, 15) is 0 Å². The van der Waals surface area contributed by atoms with Gasteiger partial charge in [0.25, 0.3) is 0 Å². The molecule has 1 aromatic carbocycles. The largest absolute Gasteiger partial charge is 0.491 e. The number of ether oxygens (including phenoxy) is 3. The van der Waals surface area contributed by atoms with E-state index < -0.39 is 0 Å². The Balaban J connectivity index is 2.50. The predicted octanol–water partition coefficient (Wildman–Crippen LogP) is 3.18. The van der Waals surface area contributed by atoms with Crippen molar-refractivity contribution < 1.29 is 14.2 Å². The monoisotopic (exact) mass is 295 g/mol. The predicted molar refractivity (Wildman–Crippen MR) is 85.9 cm³/mol. The van der Waals surface area contributed by atoms with Crippen LogP contribution in [-0.2, 0) is 9.47 Å². The van der Waals surface area contributed by atoms with Gasteiger partial charge in [-0.05, 0) is 45.0 Å². The Morgan fingerprint density at radius 3 is 2.24 bits per heavy atom. The van der Waals surface area contributed by atoms with Crippen LogP contribution in [0.15, 0.2) is 24.3 Å². The van der Waals surface area contributed by atoms with Crippen molar-refractivity contribution in [3.63, 3.8) is 0 Å². The third-order valence-corrected chi connectivity index (χ3v) is 2.97. The van der Waals surface area contributed by atoms with Gasteiger partial charge in [0.15, 0.2) is 0 Å². The zero-order valence-corrected chi connectivity index (χ0v) is 13.7. The van der Waals surface area contributed by atoms with Gasteiger partial charge in [-0.3, -0.25) is 0 Å². The molecule has 1 atom stereocenters. The highest BCUT2D eigenvalue weighted by Gasteiger charge is 2.10. The molecular formula is C17H29NO3. The fraction of sp³-hybridized carbons (Fsp3) is 0.647. The number of hydrogen-bond donors (Lipinski definition) is 1. The van der Waals surface area contributed by atoms with Gasteiger partial charge in [0.1, 0.15) is 5.75 Å². The Morgan fingerprint density at radius 1 is 1.00 bits per heavy atom. The molecule has 4 nitrogen and oxygen atoms in total. The van der Waals surface area contributed by atoms with E-state index in [0.717, 1.165) is 18.9 Å². The molecule has 0 fully saturated rings. The molecule has 0 saturated heterocycles. The first kappa shape index (κ1) is 18.0. The van der Waals surface area contributed by atoms with E-state index in [1.54, 1.807) is 0 Å². The van der Waals surface area contributed by atoms with Crippen LogP contribution in [-0.4, -0.2) is 39.1 Å². The molecule has 0 radical (unpaired) electrons. The Labute approximate surface area is 128 Å². The molecule has 0 amide bonds. The molecule has 0 aliphatic rings. The quantitative estimate of drug-likeness (QED) is 0.637. The summed E-state index contributed by atoms with van der Waals surface area (Å²) in [5, 5.41) is 3.44. The summed E-state index contributed by atoms with van der Waals surface area (Å²) in [5.41, 5.74) is 1.21. The highest BCUT2D eigenvalue weighted by atomic mass is 16.5. The van der Waals surface area contributed by atoms with Crippen LogP contribution in [0, 0.1) is 0 Å². The van der Waals surface area contributed by atoms with Gasteiger partial charge in [0.2, 0.25) is 0 Å². The van der Waals surface area contributed by atoms with Gasteiger partial charge in [-0.25, -0.2) is 0 Å². The number of hydrogen-bond acceptors (Lipinski definition) is 4. The zero-order valence-electron chi connectivity index (χ0n) is 13.7. The second kappa shape index (κ2) is 10.6. The zero-order chi connectivity index (χ0) is 15.5. The Hall–Kier alpha value is -1.10. The summed E-state index contributed by atoms with van der Waals surface area (Å²) in [5.74, 6) is 0.904. The highest BCUT2D eigenvalue weighted by molar-refractivity contribution is 5.29. The van der Waals surface area contributed by atoms with Crippen molar-refractivity contribution in [2.75, 3.05) is 33.0 Å². The molecule has 0 aliphatic heterocycles. The average Bonchev–Trinajstić information content (AvgIpc) is 2.46. The second-order valence-electron chi connectivity index (χ2n) is 5.12. The van der Waals surface area contributed by atoms with Gasteiger partial charge in [-0.1, -0.05) is 19.1 Å². The minimum atomic E-state index is 0.197. The number of benzene rings is 1. The second-order valence-corrected chi connectivity index (χ2v) is 5.12. The third-order valence-electron chi connectivity index (χ3n) is 2.97. The first-order valence-corrected chi connectivity index (χ1v) is 7.82. The van der Waals surface area contributed by atoms with Crippen LogP contribution >= 0.6 is 0 Å². The molecule has 1 N–H and O–H groups in total. The lowest BCUT2D eigenvalue weighted by Gasteiger charge is -2.19. The lowest BCUT2D eigenvalue weighted by atomic mass is 10.1. The molecule has 0 aliphatic carbocycles. The number of rotatable bonds is 11. The fourth-order valence-corrected chi connectivity index (χ4v) is 2.03. The maximum atomic E-state index is 5.68. The van der Waals surface area contributed by atoms with E-state index in [4.69, 9.17) is 14.2 Å². The van der Waals surface area contributed by atoms with Gasteiger partial charge in [-0.15, -0.1) is 0 Å². The Morgan fingerprint density at radius 2 is 1.67 bits per heavy atom. The molecule has 0 aromatic heterocycles. The van der Waals surface area contributed by atoms with Crippen molar-refractivity contribution in [1.29, 1.82) is 0 Å². The van der Waals surface area contributed by atoms with Gasteiger partial charge in [0, 0.05) is 6.61 Å². The van der Waals surface area contributed by atoms with Gasteiger partial charge < -0.3 is 19.5 Å². The normalized spacial score (nSPS) is 12.6. The van der Waals surface area contributed by atoms with Crippen LogP contribution in [0.4, 0.5) is 0 Å². The van der Waals surface area contributed by atoms with Gasteiger partial charge >= 0.3 is 0 Å². The van der Waals surface area contributed by atoms with Gasteiger partial charge in [-0.2, -0.15) is 0 Å². The average molecular weight is 295 g/mol. The minimum absolute atomic E-state index is 0.197. The molecular weight excluding hydrogens is 266 g/mol. The SMILES string of the molecule is CCNC(COCCOCC)c1ccc(OC(C)C)cc1. The summed E-state index contributed by atoms with van der Waals surface area (Å²) in [4.78, 5) is 0. The molecule has 1 unspecified atom stereocenters. The molecule has 1 aromatic rings. The summed E-state index contributed by atoms with van der Waals surface area (Å²) < 4.78 is 16.6. The summed E-state index contributed by atoms with van der Waals surface area (Å²) in [7, 11) is 0. The van der Waals surface area contributed by atoms with E-state index >= 15 is 0 Å². The Bertz CT molecular complexity index is 365. The first-order valence-electron chi connectivity index (χ1n) is 7.82. The standard InChI is InChI=1S/C17H29NO3/c1-5-18-17(13-20-12-11-19-6-2)15-7-9-16(10-8-15)21-14(3)4/h7-10,14,17-18H,5-6,11-13H2,1-4H3. The van der Waals surface area contributed by atoms with Crippen molar-refractivity contribution >= 4 is 0 Å². The van der Waals surface area contributed by atoms with Crippen LogP contribution in [0.5, 0.6) is 5.75 Å². The van der Waals surface area contributed by atoms with Crippen molar-refractivity contribution in [2.45, 2.75) is 39.8 Å². The maximum absolute atomic E-state index is 5.68. The molecule has 21 heavy (non-hydrogen) atoms. The number of likely N-dealkylation sites (N-methyl/N-ethyl adjacent to an activating group) is 1. The summed E-state index contributed by atoms with van der Waals surface area (Å²) in [6, 6.07) is 8.41. The molecule has 120 valence electrons. The molecule has 0 saturated carbocycles. The van der Waals surface area contributed by atoms with E-state index in [-0.39, 0.29) is 12.1 Å². The van der Waals surface area contributed by atoms with Crippen LogP contribution in [0.3, 0.4) is 0 Å². The van der Waals surface area contributed by atoms with Crippen LogP contribution in [0.1, 0.15) is 39.3 Å². The number of nitrogens with one attached hydrogen (secondary N) is 1. The smallest absolute Gasteiger partial charge is 0.119 e. The lowest BCUT2D eigenvalue weighted by molar-refractivity contribution is 0.0435. The Kier molecular flexibility index (Phi) is 9.06. The molecule has 0 heterocycles. The molecule has 0 bridgehead atoms. The molecule has 1 rings (SSSR count). The van der Waals surface area contributed by atoms with Crippen molar-refractivity contribution in [1.82, 2.24) is 5.32 Å². The maximum Gasteiger partial charge on any atom is 0.119 e. The van der Waals surface area contributed by atoms with Crippen molar-refractivity contribution in [3.8, 4) is 5.75 Å². The van der Waals surface area contributed by atoms with E-state index in [1.807, 2.05) is 32.9 Å². The topological polar surface area (TPSA) is 39.7 Å². The van der Waals surface area contributed by atoms with Crippen molar-refractivity contribution in [3.05, 3.63) is 29.8 Å². The third kappa shape index (κ3) is 7.46. The fourth-order valence-electron chi connectivity index (χ4n) is 2.03. The summed E-state index contributed by atoms with van der Waals surface area (Å²) in [6.45, 7) is 11.7. The van der Waals surface area contributed by atoms with Crippen LogP contribution in [0.25, 0.3) is 0 Å². The van der Waals surface area contributed by atoms with E-state index in [2.05, 4.69) is 24.4 Å². The molecule has 0 spiro atoms. The summed E-state index contributed by atoms with van der Waals surface area (Å²) in [6.07, 6.45) is 0.197.